The molecule has 2 N–H and O–H groups in total. The van der Waals surface area contributed by atoms with Gasteiger partial charge in [-0.2, -0.15) is 0 Å². The van der Waals surface area contributed by atoms with E-state index in [1.165, 1.54) is 5.56 Å². The lowest BCUT2D eigenvalue weighted by atomic mass is 10.1. The number of rotatable bonds is 7. The first-order valence-electron chi connectivity index (χ1n) is 8.22. The highest BCUT2D eigenvalue weighted by atomic mass is 16.1. The Hall–Kier alpha value is -3.21. The summed E-state index contributed by atoms with van der Waals surface area (Å²) in [6, 6.07) is 17.6. The zero-order valence-corrected chi connectivity index (χ0v) is 13.9. The van der Waals surface area contributed by atoms with Crippen molar-refractivity contribution in [1.82, 2.24) is 15.3 Å². The van der Waals surface area contributed by atoms with Crippen molar-refractivity contribution in [3.8, 4) is 0 Å². The summed E-state index contributed by atoms with van der Waals surface area (Å²) in [5, 5.41) is 6.20. The summed E-state index contributed by atoms with van der Waals surface area (Å²) in [5.74, 6) is -0.163. The van der Waals surface area contributed by atoms with Crippen LogP contribution in [0.1, 0.15) is 21.6 Å². The number of hydrogen-bond donors (Lipinski definition) is 2. The molecule has 2 heterocycles. The van der Waals surface area contributed by atoms with Gasteiger partial charge in [0.05, 0.1) is 0 Å². The van der Waals surface area contributed by atoms with Crippen molar-refractivity contribution in [2.24, 2.45) is 0 Å². The Labute approximate surface area is 147 Å². The molecule has 3 aromatic rings. The minimum atomic E-state index is -0.163. The maximum atomic E-state index is 12.3. The van der Waals surface area contributed by atoms with Crippen molar-refractivity contribution in [3.63, 3.8) is 0 Å². The number of hydrogen-bond acceptors (Lipinski definition) is 4. The van der Waals surface area contributed by atoms with Gasteiger partial charge in [0.25, 0.3) is 5.91 Å². The van der Waals surface area contributed by atoms with Crippen LogP contribution in [0.25, 0.3) is 0 Å². The van der Waals surface area contributed by atoms with Gasteiger partial charge in [-0.3, -0.25) is 14.8 Å². The SMILES string of the molecule is O=C(NCCc1ccccc1)c1cc(NCc2ccncc2)ccn1. The number of nitrogens with one attached hydrogen (secondary N) is 2. The van der Waals surface area contributed by atoms with Crippen molar-refractivity contribution in [2.45, 2.75) is 13.0 Å². The second-order valence-electron chi connectivity index (χ2n) is 5.63. The first-order chi connectivity index (χ1) is 12.3. The number of benzene rings is 1. The van der Waals surface area contributed by atoms with Crippen LogP contribution in [0.3, 0.4) is 0 Å². The van der Waals surface area contributed by atoms with E-state index in [2.05, 4.69) is 20.6 Å². The smallest absolute Gasteiger partial charge is 0.269 e. The molecule has 0 radical (unpaired) electrons. The third-order valence-corrected chi connectivity index (χ3v) is 3.78. The number of nitrogens with zero attached hydrogens (tertiary/aromatic N) is 2. The monoisotopic (exact) mass is 332 g/mol. The molecule has 0 aliphatic heterocycles. The Morgan fingerprint density at radius 3 is 2.52 bits per heavy atom. The Morgan fingerprint density at radius 1 is 0.920 bits per heavy atom. The number of carbonyl (C=O) groups is 1. The van der Waals surface area contributed by atoms with E-state index in [1.807, 2.05) is 48.5 Å². The molecule has 0 saturated carbocycles. The third kappa shape index (κ3) is 5.14. The van der Waals surface area contributed by atoms with Crippen LogP contribution < -0.4 is 10.6 Å². The normalized spacial score (nSPS) is 10.2. The number of pyridine rings is 2. The molecule has 126 valence electrons. The molecule has 0 spiro atoms. The van der Waals surface area contributed by atoms with Crippen molar-refractivity contribution >= 4 is 11.6 Å². The first kappa shape index (κ1) is 16.6. The van der Waals surface area contributed by atoms with Crippen LogP contribution in [0.4, 0.5) is 5.69 Å². The molecular formula is C20H20N4O. The van der Waals surface area contributed by atoms with Gasteiger partial charge < -0.3 is 10.6 Å². The highest BCUT2D eigenvalue weighted by Gasteiger charge is 2.07. The van der Waals surface area contributed by atoms with Crippen molar-refractivity contribution in [3.05, 3.63) is 90.0 Å². The Balaban J connectivity index is 1.52. The van der Waals surface area contributed by atoms with Crippen molar-refractivity contribution in [2.75, 3.05) is 11.9 Å². The summed E-state index contributed by atoms with van der Waals surface area (Å²) in [6.45, 7) is 1.25. The molecule has 2 aromatic heterocycles. The summed E-state index contributed by atoms with van der Waals surface area (Å²) in [7, 11) is 0. The quantitative estimate of drug-likeness (QED) is 0.698. The zero-order valence-electron chi connectivity index (χ0n) is 13.9. The van der Waals surface area contributed by atoms with Crippen LogP contribution in [0, 0.1) is 0 Å². The molecule has 0 atom stereocenters. The molecule has 25 heavy (non-hydrogen) atoms. The second kappa shape index (κ2) is 8.59. The predicted octanol–water partition coefficient (Wildman–Crippen LogP) is 3.06. The van der Waals surface area contributed by atoms with Crippen LogP contribution in [0.15, 0.2) is 73.2 Å². The van der Waals surface area contributed by atoms with Crippen LogP contribution >= 0.6 is 0 Å². The van der Waals surface area contributed by atoms with Gasteiger partial charge in [0, 0.05) is 37.4 Å². The van der Waals surface area contributed by atoms with E-state index in [-0.39, 0.29) is 5.91 Å². The summed E-state index contributed by atoms with van der Waals surface area (Å²) in [6.07, 6.45) is 5.96. The van der Waals surface area contributed by atoms with Gasteiger partial charge in [0.2, 0.25) is 0 Å². The Bertz CT molecular complexity index is 806. The lowest BCUT2D eigenvalue weighted by Gasteiger charge is -2.08. The second-order valence-corrected chi connectivity index (χ2v) is 5.63. The minimum absolute atomic E-state index is 0.163. The van der Waals surface area contributed by atoms with Crippen LogP contribution in [0.2, 0.25) is 0 Å². The fraction of sp³-hybridized carbons (Fsp3) is 0.150. The maximum absolute atomic E-state index is 12.3. The summed E-state index contributed by atoms with van der Waals surface area (Å²) >= 11 is 0. The third-order valence-electron chi connectivity index (χ3n) is 3.78. The molecule has 5 heteroatoms. The standard InChI is InChI=1S/C20H20N4O/c25-20(23-12-8-16-4-2-1-3-5-16)19-14-18(9-13-22-19)24-15-17-6-10-21-11-7-17/h1-7,9-11,13-14H,8,12,15H2,(H,22,24)(H,23,25). The topological polar surface area (TPSA) is 66.9 Å². The van der Waals surface area contributed by atoms with E-state index in [9.17, 15) is 4.79 Å². The summed E-state index contributed by atoms with van der Waals surface area (Å²) in [4.78, 5) is 20.4. The average Bonchev–Trinajstić information content (AvgIpc) is 2.68. The van der Waals surface area contributed by atoms with Gasteiger partial charge in [-0.05, 0) is 41.8 Å². The number of amides is 1. The molecule has 0 aliphatic carbocycles. The minimum Gasteiger partial charge on any atom is -0.381 e. The summed E-state index contributed by atoms with van der Waals surface area (Å²) < 4.78 is 0. The molecule has 0 aliphatic rings. The van der Waals surface area contributed by atoms with E-state index in [1.54, 1.807) is 24.7 Å². The number of carbonyl (C=O) groups excluding carboxylic acids is 1. The molecule has 0 fully saturated rings. The highest BCUT2D eigenvalue weighted by molar-refractivity contribution is 5.93. The van der Waals surface area contributed by atoms with Gasteiger partial charge in [-0.25, -0.2) is 0 Å². The van der Waals surface area contributed by atoms with Crippen LogP contribution in [0.5, 0.6) is 0 Å². The van der Waals surface area contributed by atoms with Crippen molar-refractivity contribution in [1.29, 1.82) is 0 Å². The molecular weight excluding hydrogens is 312 g/mol. The van der Waals surface area contributed by atoms with E-state index >= 15 is 0 Å². The Morgan fingerprint density at radius 2 is 1.72 bits per heavy atom. The van der Waals surface area contributed by atoms with Gasteiger partial charge in [-0.15, -0.1) is 0 Å². The molecule has 1 aromatic carbocycles. The summed E-state index contributed by atoms with van der Waals surface area (Å²) in [5.41, 5.74) is 3.59. The molecule has 1 amide bonds. The van der Waals surface area contributed by atoms with Gasteiger partial charge >= 0.3 is 0 Å². The fourth-order valence-corrected chi connectivity index (χ4v) is 2.43. The predicted molar refractivity (Wildman–Crippen MR) is 98.3 cm³/mol. The van der Waals surface area contributed by atoms with Crippen molar-refractivity contribution < 1.29 is 4.79 Å². The molecule has 0 bridgehead atoms. The zero-order chi connectivity index (χ0) is 17.3. The lowest BCUT2D eigenvalue weighted by molar-refractivity contribution is 0.0949. The fourth-order valence-electron chi connectivity index (χ4n) is 2.43. The van der Waals surface area contributed by atoms with E-state index in [0.717, 1.165) is 17.7 Å². The number of anilines is 1. The van der Waals surface area contributed by atoms with Gasteiger partial charge in [-0.1, -0.05) is 30.3 Å². The molecule has 3 rings (SSSR count). The maximum Gasteiger partial charge on any atom is 0.269 e. The van der Waals surface area contributed by atoms with E-state index in [4.69, 9.17) is 0 Å². The molecule has 5 nitrogen and oxygen atoms in total. The Kier molecular flexibility index (Phi) is 5.72. The first-order valence-corrected chi connectivity index (χ1v) is 8.22. The lowest BCUT2D eigenvalue weighted by Crippen LogP contribution is -2.26. The van der Waals surface area contributed by atoms with Crippen LogP contribution in [-0.4, -0.2) is 22.4 Å². The van der Waals surface area contributed by atoms with Gasteiger partial charge in [0.1, 0.15) is 5.69 Å². The van der Waals surface area contributed by atoms with Gasteiger partial charge in [0.15, 0.2) is 0 Å². The van der Waals surface area contributed by atoms with E-state index < -0.39 is 0 Å². The molecule has 0 saturated heterocycles. The van der Waals surface area contributed by atoms with Crippen LogP contribution in [-0.2, 0) is 13.0 Å². The number of aromatic nitrogens is 2. The molecule has 0 unspecified atom stereocenters. The highest BCUT2D eigenvalue weighted by Crippen LogP contribution is 2.10. The largest absolute Gasteiger partial charge is 0.381 e. The average molecular weight is 332 g/mol. The van der Waals surface area contributed by atoms with E-state index in [0.29, 0.717) is 18.8 Å².